The number of amides is 2. The van der Waals surface area contributed by atoms with Gasteiger partial charge in [-0.1, -0.05) is 36.4 Å². The largest absolute Gasteiger partial charge is 0.339 e. The van der Waals surface area contributed by atoms with Gasteiger partial charge in [-0.05, 0) is 47.4 Å². The van der Waals surface area contributed by atoms with Crippen LogP contribution in [0, 0.1) is 5.92 Å². The van der Waals surface area contributed by atoms with Crippen LogP contribution in [0.4, 0.5) is 5.82 Å². The first-order valence-electron chi connectivity index (χ1n) is 11.2. The van der Waals surface area contributed by atoms with Gasteiger partial charge >= 0.3 is 0 Å². The fourth-order valence-electron chi connectivity index (χ4n) is 4.35. The molecule has 1 fully saturated rings. The van der Waals surface area contributed by atoms with Gasteiger partial charge in [0.05, 0.1) is 6.54 Å². The lowest BCUT2D eigenvalue weighted by atomic mass is 9.95. The molecule has 3 heterocycles. The predicted octanol–water partition coefficient (Wildman–Crippen LogP) is 3.97. The molecule has 0 saturated carbocycles. The molecule has 0 unspecified atom stereocenters. The summed E-state index contributed by atoms with van der Waals surface area (Å²) in [6.07, 6.45) is 6.62. The summed E-state index contributed by atoms with van der Waals surface area (Å²) in [5.74, 6) is 0.400. The molecule has 0 radical (unpaired) electrons. The van der Waals surface area contributed by atoms with Gasteiger partial charge in [0, 0.05) is 49.2 Å². The van der Waals surface area contributed by atoms with E-state index >= 15 is 0 Å². The van der Waals surface area contributed by atoms with Crippen molar-refractivity contribution in [2.24, 2.45) is 5.92 Å². The molecule has 0 spiro atoms. The van der Waals surface area contributed by atoms with Crippen molar-refractivity contribution in [3.05, 3.63) is 90.4 Å². The standard InChI is InChI=1S/C26H25N5O2/c32-25(28-24-12-17-31(29-24)18-19-8-13-27-14-9-19)21-10-15-30(16-11-21)26(33)23-7-3-5-20-4-1-2-6-22(20)23/h1-9,12-14,17,21H,10-11,15-16,18H2,(H,28,29,32). The van der Waals surface area contributed by atoms with Gasteiger partial charge in [0.25, 0.3) is 5.91 Å². The number of fused-ring (bicyclic) bond motifs is 1. The van der Waals surface area contributed by atoms with Crippen molar-refractivity contribution in [1.29, 1.82) is 0 Å². The summed E-state index contributed by atoms with van der Waals surface area (Å²) in [5.41, 5.74) is 1.81. The van der Waals surface area contributed by atoms with Crippen LogP contribution in [0.5, 0.6) is 0 Å². The molecule has 7 nitrogen and oxygen atoms in total. The van der Waals surface area contributed by atoms with Gasteiger partial charge in [0.2, 0.25) is 5.91 Å². The number of nitrogens with one attached hydrogen (secondary N) is 1. The first-order valence-corrected chi connectivity index (χ1v) is 11.2. The topological polar surface area (TPSA) is 80.1 Å². The maximum atomic E-state index is 13.1. The number of hydrogen-bond donors (Lipinski definition) is 1. The van der Waals surface area contributed by atoms with Crippen LogP contribution in [0.3, 0.4) is 0 Å². The monoisotopic (exact) mass is 439 g/mol. The fourth-order valence-corrected chi connectivity index (χ4v) is 4.35. The lowest BCUT2D eigenvalue weighted by molar-refractivity contribution is -0.121. The Labute approximate surface area is 192 Å². The molecular weight excluding hydrogens is 414 g/mol. The zero-order valence-corrected chi connectivity index (χ0v) is 18.2. The molecule has 1 N–H and O–H groups in total. The number of piperidine rings is 1. The Morgan fingerprint density at radius 2 is 1.70 bits per heavy atom. The Bertz CT molecular complexity index is 1270. The first kappa shape index (κ1) is 20.9. The van der Waals surface area contributed by atoms with E-state index in [0.717, 1.165) is 21.9 Å². The van der Waals surface area contributed by atoms with Crippen LogP contribution < -0.4 is 5.32 Å². The molecule has 1 saturated heterocycles. The van der Waals surface area contributed by atoms with E-state index in [2.05, 4.69) is 15.4 Å². The second kappa shape index (κ2) is 9.24. The van der Waals surface area contributed by atoms with Crippen LogP contribution >= 0.6 is 0 Å². The minimum atomic E-state index is -0.132. The van der Waals surface area contributed by atoms with Gasteiger partial charge in [-0.3, -0.25) is 19.3 Å². The summed E-state index contributed by atoms with van der Waals surface area (Å²) < 4.78 is 1.79. The van der Waals surface area contributed by atoms with Gasteiger partial charge in [0.1, 0.15) is 0 Å². The number of carbonyl (C=O) groups is 2. The quantitative estimate of drug-likeness (QED) is 0.510. The zero-order valence-electron chi connectivity index (χ0n) is 18.2. The summed E-state index contributed by atoms with van der Waals surface area (Å²) in [5, 5.41) is 9.40. The number of hydrogen-bond acceptors (Lipinski definition) is 4. The van der Waals surface area contributed by atoms with Crippen molar-refractivity contribution >= 4 is 28.4 Å². The van der Waals surface area contributed by atoms with Gasteiger partial charge in [-0.15, -0.1) is 0 Å². The molecular formula is C26H25N5O2. The molecule has 2 amide bonds. The number of aromatic nitrogens is 3. The summed E-state index contributed by atoms with van der Waals surface area (Å²) in [4.78, 5) is 31.8. The van der Waals surface area contributed by atoms with Crippen molar-refractivity contribution < 1.29 is 9.59 Å². The Hall–Kier alpha value is -4.00. The smallest absolute Gasteiger partial charge is 0.254 e. The van der Waals surface area contributed by atoms with Crippen LogP contribution in [0.25, 0.3) is 10.8 Å². The van der Waals surface area contributed by atoms with Gasteiger partial charge in [-0.25, -0.2) is 0 Å². The van der Waals surface area contributed by atoms with Crippen LogP contribution in [0.2, 0.25) is 0 Å². The molecule has 4 aromatic rings. The molecule has 1 aliphatic rings. The molecule has 2 aromatic heterocycles. The van der Waals surface area contributed by atoms with Gasteiger partial charge in [0.15, 0.2) is 5.82 Å². The van der Waals surface area contributed by atoms with Crippen LogP contribution in [-0.4, -0.2) is 44.6 Å². The van der Waals surface area contributed by atoms with E-state index in [-0.39, 0.29) is 17.7 Å². The lowest BCUT2D eigenvalue weighted by Gasteiger charge is -2.31. The van der Waals surface area contributed by atoms with Crippen LogP contribution in [0.15, 0.2) is 79.3 Å². The summed E-state index contributed by atoms with van der Waals surface area (Å²) in [7, 11) is 0. The molecule has 0 aliphatic carbocycles. The SMILES string of the molecule is O=C(Nc1ccn(Cc2ccncc2)n1)C1CCN(C(=O)c2cccc3ccccc23)CC1. The highest BCUT2D eigenvalue weighted by atomic mass is 16.2. The number of likely N-dealkylation sites (tertiary alicyclic amines) is 1. The Kier molecular flexibility index (Phi) is 5.85. The number of rotatable bonds is 5. The molecule has 166 valence electrons. The normalized spacial score (nSPS) is 14.4. The lowest BCUT2D eigenvalue weighted by Crippen LogP contribution is -2.41. The minimum absolute atomic E-state index is 0.0283. The summed E-state index contributed by atoms with van der Waals surface area (Å²) >= 11 is 0. The molecule has 2 aromatic carbocycles. The van der Waals surface area contributed by atoms with Crippen LogP contribution in [0.1, 0.15) is 28.8 Å². The maximum Gasteiger partial charge on any atom is 0.254 e. The average molecular weight is 440 g/mol. The van der Waals surface area contributed by atoms with E-state index in [0.29, 0.717) is 38.3 Å². The van der Waals surface area contributed by atoms with Crippen molar-refractivity contribution in [1.82, 2.24) is 19.7 Å². The van der Waals surface area contributed by atoms with Crippen LogP contribution in [-0.2, 0) is 11.3 Å². The third-order valence-electron chi connectivity index (χ3n) is 6.16. The molecule has 0 atom stereocenters. The number of nitrogens with zero attached hydrogens (tertiary/aromatic N) is 4. The highest BCUT2D eigenvalue weighted by Crippen LogP contribution is 2.24. The van der Waals surface area contributed by atoms with E-state index in [1.807, 2.05) is 65.7 Å². The number of anilines is 1. The fraction of sp³-hybridized carbons (Fsp3) is 0.231. The van der Waals surface area contributed by atoms with E-state index in [9.17, 15) is 9.59 Å². The van der Waals surface area contributed by atoms with E-state index in [1.54, 1.807) is 23.1 Å². The molecule has 1 aliphatic heterocycles. The third kappa shape index (κ3) is 4.62. The van der Waals surface area contributed by atoms with Crippen molar-refractivity contribution in [3.63, 3.8) is 0 Å². The van der Waals surface area contributed by atoms with Gasteiger partial charge in [-0.2, -0.15) is 5.10 Å². The van der Waals surface area contributed by atoms with E-state index in [1.165, 1.54) is 0 Å². The first-order chi connectivity index (χ1) is 16.2. The van der Waals surface area contributed by atoms with Gasteiger partial charge < -0.3 is 10.2 Å². The second-order valence-corrected chi connectivity index (χ2v) is 8.34. The summed E-state index contributed by atoms with van der Waals surface area (Å²) in [6.45, 7) is 1.75. The Balaban J connectivity index is 1.17. The predicted molar refractivity (Wildman–Crippen MR) is 127 cm³/mol. The maximum absolute atomic E-state index is 13.1. The summed E-state index contributed by atoms with van der Waals surface area (Å²) in [6, 6.07) is 19.4. The molecule has 5 rings (SSSR count). The Morgan fingerprint density at radius 3 is 2.52 bits per heavy atom. The minimum Gasteiger partial charge on any atom is -0.339 e. The molecule has 7 heteroatoms. The third-order valence-corrected chi connectivity index (χ3v) is 6.16. The second-order valence-electron chi connectivity index (χ2n) is 8.34. The van der Waals surface area contributed by atoms with E-state index < -0.39 is 0 Å². The highest BCUT2D eigenvalue weighted by Gasteiger charge is 2.28. The zero-order chi connectivity index (χ0) is 22.6. The average Bonchev–Trinajstić information content (AvgIpc) is 3.30. The molecule has 33 heavy (non-hydrogen) atoms. The van der Waals surface area contributed by atoms with Crippen molar-refractivity contribution in [2.75, 3.05) is 18.4 Å². The van der Waals surface area contributed by atoms with Crippen molar-refractivity contribution in [3.8, 4) is 0 Å². The molecule has 0 bridgehead atoms. The van der Waals surface area contributed by atoms with E-state index in [4.69, 9.17) is 0 Å². The Morgan fingerprint density at radius 1 is 0.939 bits per heavy atom. The number of pyridine rings is 1. The number of benzene rings is 2. The van der Waals surface area contributed by atoms with Crippen molar-refractivity contribution in [2.45, 2.75) is 19.4 Å². The highest BCUT2D eigenvalue weighted by molar-refractivity contribution is 6.07. The number of carbonyl (C=O) groups excluding carboxylic acids is 2.